The Morgan fingerprint density at radius 3 is 2.73 bits per heavy atom. The molecule has 0 atom stereocenters. The molecule has 0 saturated heterocycles. The van der Waals surface area contributed by atoms with Crippen LogP contribution in [0.4, 0.5) is 11.4 Å². The minimum atomic E-state index is -0.472. The molecule has 1 heterocycles. The topological polar surface area (TPSA) is 72.2 Å². The summed E-state index contributed by atoms with van der Waals surface area (Å²) in [6, 6.07) is 15.9. The molecule has 0 spiro atoms. The van der Waals surface area contributed by atoms with Crippen LogP contribution in [0.5, 0.6) is 0 Å². The SMILES string of the molecule is Cc1ccc([N+](=O)[O-])cc1NC(=O)c1ccccc1SCc1cccs1. The number of aryl methyl sites for hydroxylation is 1. The molecule has 0 saturated carbocycles. The standard InChI is InChI=1S/C19H16N2O3S2/c1-13-8-9-14(21(23)24)11-17(13)20-19(22)16-6-2-3-7-18(16)26-12-15-5-4-10-25-15/h2-11H,12H2,1H3,(H,20,22). The summed E-state index contributed by atoms with van der Waals surface area (Å²) in [4.78, 5) is 25.3. The predicted molar refractivity (Wildman–Crippen MR) is 106 cm³/mol. The number of thioether (sulfide) groups is 1. The number of benzene rings is 2. The molecule has 3 aromatic rings. The van der Waals surface area contributed by atoms with Crippen LogP contribution in [0.1, 0.15) is 20.8 Å². The summed E-state index contributed by atoms with van der Waals surface area (Å²) < 4.78 is 0. The second kappa shape index (κ2) is 8.16. The Morgan fingerprint density at radius 2 is 2.00 bits per heavy atom. The van der Waals surface area contributed by atoms with Gasteiger partial charge in [0, 0.05) is 27.7 Å². The van der Waals surface area contributed by atoms with Crippen LogP contribution in [0.2, 0.25) is 0 Å². The van der Waals surface area contributed by atoms with Crippen molar-refractivity contribution < 1.29 is 9.72 Å². The molecule has 132 valence electrons. The lowest BCUT2D eigenvalue weighted by Crippen LogP contribution is -2.14. The van der Waals surface area contributed by atoms with Gasteiger partial charge in [0.2, 0.25) is 0 Å². The first kappa shape index (κ1) is 18.2. The first-order valence-corrected chi connectivity index (χ1v) is 9.72. The number of thiophene rings is 1. The molecule has 26 heavy (non-hydrogen) atoms. The van der Waals surface area contributed by atoms with E-state index in [1.54, 1.807) is 42.2 Å². The summed E-state index contributed by atoms with van der Waals surface area (Å²) in [6.45, 7) is 1.80. The summed E-state index contributed by atoms with van der Waals surface area (Å²) in [5, 5.41) is 15.8. The zero-order valence-electron chi connectivity index (χ0n) is 14.0. The third-order valence-electron chi connectivity index (χ3n) is 3.76. The summed E-state index contributed by atoms with van der Waals surface area (Å²) in [5.74, 6) is 0.514. The Kier molecular flexibility index (Phi) is 5.70. The van der Waals surface area contributed by atoms with E-state index in [9.17, 15) is 14.9 Å². The molecule has 1 amide bonds. The molecule has 0 aliphatic rings. The quantitative estimate of drug-likeness (QED) is 0.345. The van der Waals surface area contributed by atoms with Gasteiger partial charge < -0.3 is 5.32 Å². The van der Waals surface area contributed by atoms with Gasteiger partial charge in [-0.15, -0.1) is 23.1 Å². The number of nitrogens with zero attached hydrogens (tertiary/aromatic N) is 1. The number of anilines is 1. The number of nitro groups is 1. The zero-order chi connectivity index (χ0) is 18.5. The number of carbonyl (C=O) groups is 1. The second-order valence-corrected chi connectivity index (χ2v) is 7.62. The Hall–Kier alpha value is -2.64. The maximum Gasteiger partial charge on any atom is 0.271 e. The fourth-order valence-electron chi connectivity index (χ4n) is 2.37. The third-order valence-corrected chi connectivity index (χ3v) is 5.94. The lowest BCUT2D eigenvalue weighted by Gasteiger charge is -2.11. The Balaban J connectivity index is 1.80. The largest absolute Gasteiger partial charge is 0.321 e. The van der Waals surface area contributed by atoms with Gasteiger partial charge in [0.05, 0.1) is 16.2 Å². The van der Waals surface area contributed by atoms with Gasteiger partial charge >= 0.3 is 0 Å². The van der Waals surface area contributed by atoms with Crippen molar-refractivity contribution in [1.82, 2.24) is 0 Å². The van der Waals surface area contributed by atoms with Crippen LogP contribution in [0.3, 0.4) is 0 Å². The van der Waals surface area contributed by atoms with Crippen molar-refractivity contribution in [3.8, 4) is 0 Å². The first-order chi connectivity index (χ1) is 12.5. The fraction of sp³-hybridized carbons (Fsp3) is 0.105. The van der Waals surface area contributed by atoms with Crippen LogP contribution in [0, 0.1) is 17.0 Å². The van der Waals surface area contributed by atoms with Crippen LogP contribution < -0.4 is 5.32 Å². The highest BCUT2D eigenvalue weighted by molar-refractivity contribution is 7.98. The van der Waals surface area contributed by atoms with Crippen LogP contribution >= 0.6 is 23.1 Å². The Labute approximate surface area is 159 Å². The van der Waals surface area contributed by atoms with Gasteiger partial charge in [-0.3, -0.25) is 14.9 Å². The molecule has 0 fully saturated rings. The number of rotatable bonds is 6. The van der Waals surface area contributed by atoms with Crippen molar-refractivity contribution >= 4 is 40.4 Å². The zero-order valence-corrected chi connectivity index (χ0v) is 15.6. The highest BCUT2D eigenvalue weighted by Gasteiger charge is 2.15. The lowest BCUT2D eigenvalue weighted by atomic mass is 10.1. The summed E-state index contributed by atoms with van der Waals surface area (Å²) in [5.41, 5.74) is 1.72. The Morgan fingerprint density at radius 1 is 1.19 bits per heavy atom. The smallest absolute Gasteiger partial charge is 0.271 e. The molecule has 0 radical (unpaired) electrons. The van der Waals surface area contributed by atoms with E-state index in [4.69, 9.17) is 0 Å². The summed E-state index contributed by atoms with van der Waals surface area (Å²) in [6.07, 6.45) is 0. The molecule has 1 N–H and O–H groups in total. The van der Waals surface area contributed by atoms with E-state index in [-0.39, 0.29) is 11.6 Å². The van der Waals surface area contributed by atoms with Gasteiger partial charge in [0.1, 0.15) is 0 Å². The van der Waals surface area contributed by atoms with E-state index in [0.29, 0.717) is 11.3 Å². The average Bonchev–Trinajstić information content (AvgIpc) is 3.15. The highest BCUT2D eigenvalue weighted by Crippen LogP contribution is 2.29. The molecule has 2 aromatic carbocycles. The molecule has 0 bridgehead atoms. The molecule has 0 aliphatic heterocycles. The van der Waals surface area contributed by atoms with E-state index in [1.807, 2.05) is 29.6 Å². The van der Waals surface area contributed by atoms with Crippen molar-refractivity contribution in [1.29, 1.82) is 0 Å². The fourth-order valence-corrected chi connectivity index (χ4v) is 4.19. The second-order valence-electron chi connectivity index (χ2n) is 5.57. The van der Waals surface area contributed by atoms with Crippen LogP contribution in [-0.2, 0) is 5.75 Å². The molecule has 0 unspecified atom stereocenters. The van der Waals surface area contributed by atoms with Crippen LogP contribution in [-0.4, -0.2) is 10.8 Å². The number of nitrogens with one attached hydrogen (secondary N) is 1. The maximum absolute atomic E-state index is 12.7. The minimum absolute atomic E-state index is 0.0498. The summed E-state index contributed by atoms with van der Waals surface area (Å²) in [7, 11) is 0. The van der Waals surface area contributed by atoms with Gasteiger partial charge in [-0.1, -0.05) is 24.3 Å². The minimum Gasteiger partial charge on any atom is -0.321 e. The van der Waals surface area contributed by atoms with Gasteiger partial charge in [-0.2, -0.15) is 0 Å². The number of hydrogen-bond donors (Lipinski definition) is 1. The molecule has 0 aliphatic carbocycles. The van der Waals surface area contributed by atoms with Crippen LogP contribution in [0.25, 0.3) is 0 Å². The number of amides is 1. The van der Waals surface area contributed by atoms with E-state index in [1.165, 1.54) is 17.0 Å². The first-order valence-electron chi connectivity index (χ1n) is 7.85. The van der Waals surface area contributed by atoms with Gasteiger partial charge in [-0.05, 0) is 36.1 Å². The van der Waals surface area contributed by atoms with Crippen LogP contribution in [0.15, 0.2) is 64.9 Å². The lowest BCUT2D eigenvalue weighted by molar-refractivity contribution is -0.384. The third kappa shape index (κ3) is 4.30. The summed E-state index contributed by atoms with van der Waals surface area (Å²) >= 11 is 3.28. The maximum atomic E-state index is 12.7. The predicted octanol–water partition coefficient (Wildman–Crippen LogP) is 5.51. The van der Waals surface area contributed by atoms with E-state index < -0.39 is 4.92 Å². The van der Waals surface area contributed by atoms with Crippen molar-refractivity contribution in [2.75, 3.05) is 5.32 Å². The molecule has 5 nitrogen and oxygen atoms in total. The van der Waals surface area contributed by atoms with Crippen molar-refractivity contribution in [3.63, 3.8) is 0 Å². The number of carbonyl (C=O) groups excluding carboxylic acids is 1. The molecular weight excluding hydrogens is 368 g/mol. The molecule has 7 heteroatoms. The number of non-ortho nitro benzene ring substituents is 1. The van der Waals surface area contributed by atoms with E-state index >= 15 is 0 Å². The van der Waals surface area contributed by atoms with E-state index in [2.05, 4.69) is 11.4 Å². The average molecular weight is 384 g/mol. The monoisotopic (exact) mass is 384 g/mol. The number of nitro benzene ring substituents is 1. The van der Waals surface area contributed by atoms with Gasteiger partial charge in [0.15, 0.2) is 0 Å². The normalized spacial score (nSPS) is 10.5. The molecular formula is C19H16N2O3S2. The molecule has 1 aromatic heterocycles. The number of hydrogen-bond acceptors (Lipinski definition) is 5. The Bertz CT molecular complexity index is 940. The van der Waals surface area contributed by atoms with Crippen molar-refractivity contribution in [3.05, 3.63) is 86.1 Å². The highest BCUT2D eigenvalue weighted by atomic mass is 32.2. The van der Waals surface area contributed by atoms with Crippen molar-refractivity contribution in [2.45, 2.75) is 17.6 Å². The molecule has 3 rings (SSSR count). The van der Waals surface area contributed by atoms with Gasteiger partial charge in [-0.25, -0.2) is 0 Å². The van der Waals surface area contributed by atoms with Gasteiger partial charge in [0.25, 0.3) is 11.6 Å². The van der Waals surface area contributed by atoms with E-state index in [0.717, 1.165) is 16.2 Å². The van der Waals surface area contributed by atoms with Crippen molar-refractivity contribution in [2.24, 2.45) is 0 Å².